The molecule has 0 heterocycles. The van der Waals surface area contributed by atoms with Gasteiger partial charge in [-0.2, -0.15) is 12.1 Å². The van der Waals surface area contributed by atoms with Crippen molar-refractivity contribution in [3.05, 3.63) is 125 Å². The zero-order valence-electron chi connectivity index (χ0n) is 31.6. The minimum atomic E-state index is -1.22. The van der Waals surface area contributed by atoms with Crippen LogP contribution in [-0.4, -0.2) is 17.6 Å². The van der Waals surface area contributed by atoms with E-state index in [0.717, 1.165) is 9.52 Å². The molecule has 6 aromatic rings. The number of fused-ring (bicyclic) bond motifs is 2. The molecule has 0 saturated carbocycles. The number of benzene rings is 4. The fourth-order valence-electron chi connectivity index (χ4n) is 5.98. The van der Waals surface area contributed by atoms with Crippen molar-refractivity contribution >= 4 is 61.4 Å². The van der Waals surface area contributed by atoms with Crippen LogP contribution in [0.3, 0.4) is 0 Å². The number of hydrogen-bond donors (Lipinski definition) is 0. The van der Waals surface area contributed by atoms with E-state index in [0.29, 0.717) is 5.92 Å². The Morgan fingerprint density at radius 2 is 1.24 bits per heavy atom. The third-order valence-corrected chi connectivity index (χ3v) is 10.9. The van der Waals surface area contributed by atoms with Gasteiger partial charge in [-0.25, -0.2) is 0 Å². The topological polar surface area (TPSA) is 0 Å². The number of aryl methyl sites for hydroxylation is 2. The van der Waals surface area contributed by atoms with Gasteiger partial charge in [-0.05, 0) is 28.0 Å². The summed E-state index contributed by atoms with van der Waals surface area (Å²) in [6, 6.07) is 38.7. The molecule has 0 N–H and O–H groups in total. The molecule has 0 amide bonds. The monoisotopic (exact) mass is 798 g/mol. The van der Waals surface area contributed by atoms with Crippen LogP contribution >= 0.6 is 17.0 Å². The van der Waals surface area contributed by atoms with E-state index in [1.165, 1.54) is 71.2 Å². The Hall–Kier alpha value is -2.00. The van der Waals surface area contributed by atoms with Crippen LogP contribution in [0.5, 0.6) is 0 Å². The maximum absolute atomic E-state index is 4.93. The zero-order valence-corrected chi connectivity index (χ0v) is 37.6. The van der Waals surface area contributed by atoms with Gasteiger partial charge in [0.2, 0.25) is 0 Å². The van der Waals surface area contributed by atoms with Crippen molar-refractivity contribution in [1.29, 1.82) is 0 Å². The SMILES string of the molecule is CC(C)c1cc2c(-c3ccc([Si](C)(C)C)cc3)cccc2[cH-]1.C[Si]C.Cc1cc2c(-c3ccc(C(C)(C)C)cc3)ccc(C)c2[cH-]1.[Cl][Zr+2][Cl]. The maximum atomic E-state index is 4.93. The summed E-state index contributed by atoms with van der Waals surface area (Å²) < 4.78 is 0. The van der Waals surface area contributed by atoms with Gasteiger partial charge in [-0.15, -0.1) is 68.6 Å². The minimum absolute atomic E-state index is 0.206. The Morgan fingerprint density at radius 1 is 0.714 bits per heavy atom. The first kappa shape index (κ1) is 41.4. The van der Waals surface area contributed by atoms with E-state index in [9.17, 15) is 0 Å². The summed E-state index contributed by atoms with van der Waals surface area (Å²) in [6.07, 6.45) is 0. The molecule has 0 fully saturated rings. The quantitative estimate of drug-likeness (QED) is 0.123. The average Bonchev–Trinajstić information content (AvgIpc) is 3.66. The predicted octanol–water partition coefficient (Wildman–Crippen LogP) is 14.2. The molecule has 0 unspecified atom stereocenters. The molecule has 0 saturated heterocycles. The molecule has 0 aliphatic rings. The molecule has 0 spiro atoms. The van der Waals surface area contributed by atoms with E-state index in [2.05, 4.69) is 184 Å². The van der Waals surface area contributed by atoms with Crippen molar-refractivity contribution in [2.45, 2.75) is 92.5 Å². The van der Waals surface area contributed by atoms with Gasteiger partial charge in [-0.3, -0.25) is 0 Å². The third-order valence-electron chi connectivity index (χ3n) is 8.81. The van der Waals surface area contributed by atoms with Crippen molar-refractivity contribution in [2.75, 3.05) is 0 Å². The van der Waals surface area contributed by atoms with Crippen LogP contribution in [0.15, 0.2) is 103 Å². The Bertz CT molecular complexity index is 1900. The van der Waals surface area contributed by atoms with E-state index in [1.807, 2.05) is 0 Å². The summed E-state index contributed by atoms with van der Waals surface area (Å²) in [5.74, 6) is 0.578. The molecule has 49 heavy (non-hydrogen) atoms. The molecule has 0 aromatic heterocycles. The second-order valence-electron chi connectivity index (χ2n) is 15.3. The second kappa shape index (κ2) is 18.5. The summed E-state index contributed by atoms with van der Waals surface area (Å²) in [6.45, 7) is 27.2. The van der Waals surface area contributed by atoms with Crippen LogP contribution in [0, 0.1) is 13.8 Å². The Kier molecular flexibility index (Phi) is 15.6. The summed E-state index contributed by atoms with van der Waals surface area (Å²) >= 11 is -0.826. The van der Waals surface area contributed by atoms with Crippen LogP contribution < -0.4 is 5.19 Å². The van der Waals surface area contributed by atoms with E-state index in [-0.39, 0.29) is 5.41 Å². The molecule has 0 aliphatic carbocycles. The van der Waals surface area contributed by atoms with E-state index >= 15 is 0 Å². The summed E-state index contributed by atoms with van der Waals surface area (Å²) in [4.78, 5) is 0. The Labute approximate surface area is 319 Å². The zero-order chi connectivity index (χ0) is 36.5. The number of halogens is 2. The van der Waals surface area contributed by atoms with Gasteiger partial charge in [0.05, 0.1) is 8.07 Å². The summed E-state index contributed by atoms with van der Waals surface area (Å²) in [5, 5.41) is 7.01. The molecule has 0 bridgehead atoms. The van der Waals surface area contributed by atoms with Gasteiger partial charge in [0.25, 0.3) is 0 Å². The van der Waals surface area contributed by atoms with Crippen LogP contribution in [0.25, 0.3) is 43.8 Å². The molecule has 0 nitrogen and oxygen atoms in total. The molecule has 0 atom stereocenters. The van der Waals surface area contributed by atoms with Crippen molar-refractivity contribution in [3.8, 4) is 22.3 Å². The number of rotatable bonds is 4. The summed E-state index contributed by atoms with van der Waals surface area (Å²) in [7, 11) is 9.73. The van der Waals surface area contributed by atoms with Gasteiger partial charge < -0.3 is 0 Å². The van der Waals surface area contributed by atoms with E-state index < -0.39 is 28.9 Å². The van der Waals surface area contributed by atoms with Crippen molar-refractivity contribution in [2.24, 2.45) is 0 Å². The molecular weight excluding hydrogens is 747 g/mol. The first-order chi connectivity index (χ1) is 23.0. The van der Waals surface area contributed by atoms with Gasteiger partial charge in [0.15, 0.2) is 0 Å². The first-order valence-electron chi connectivity index (χ1n) is 17.2. The van der Waals surface area contributed by atoms with Crippen LogP contribution in [0.1, 0.15) is 62.8 Å². The average molecular weight is 801 g/mol. The number of hydrogen-bond acceptors (Lipinski definition) is 0. The fraction of sp³-hybridized carbons (Fsp3) is 0.318. The molecular formula is C44H54Cl2Si2Zr. The van der Waals surface area contributed by atoms with E-state index in [1.54, 1.807) is 0 Å². The molecule has 256 valence electrons. The van der Waals surface area contributed by atoms with Gasteiger partial charge >= 0.3 is 37.9 Å². The molecule has 2 radical (unpaired) electrons. The molecule has 6 aromatic carbocycles. The van der Waals surface area contributed by atoms with Gasteiger partial charge in [-0.1, -0.05) is 158 Å². The van der Waals surface area contributed by atoms with Crippen molar-refractivity contribution in [3.63, 3.8) is 0 Å². The van der Waals surface area contributed by atoms with Crippen molar-refractivity contribution < 1.29 is 20.8 Å². The third kappa shape index (κ3) is 11.2. The normalized spacial score (nSPS) is 11.2. The van der Waals surface area contributed by atoms with Crippen LogP contribution in [0.2, 0.25) is 32.7 Å². The Balaban J connectivity index is 0.000000229. The first-order valence-corrected chi connectivity index (χ1v) is 29.0. The van der Waals surface area contributed by atoms with Crippen LogP contribution in [0.4, 0.5) is 0 Å². The standard InChI is InChI=1S/C21H25Si.C21H23.C2H6Si.2ClH.Zr/c1-15(2)18-13-17-7-6-8-20(21(17)14-18)16-9-11-19(12-10-16)22(3,4)5;1-14-12-19-15(2)6-11-18(20(19)13-14)16-7-9-17(10-8-16)21(3,4)5;1-3-2;;;/h6-15H,1-5H3;6-13H,1-5H3;1-2H3;2*1H;/q2*-1;;;;+4/p-2. The van der Waals surface area contributed by atoms with Crippen molar-refractivity contribution in [1.82, 2.24) is 0 Å². The molecule has 5 heteroatoms. The predicted molar refractivity (Wildman–Crippen MR) is 224 cm³/mol. The van der Waals surface area contributed by atoms with Crippen LogP contribution in [-0.2, 0) is 26.3 Å². The van der Waals surface area contributed by atoms with Gasteiger partial charge in [0.1, 0.15) is 0 Å². The van der Waals surface area contributed by atoms with Gasteiger partial charge in [0, 0.05) is 9.52 Å². The molecule has 0 aliphatic heterocycles. The Morgan fingerprint density at radius 3 is 1.76 bits per heavy atom. The summed E-state index contributed by atoms with van der Waals surface area (Å²) in [5.41, 5.74) is 11.0. The molecule has 6 rings (SSSR count). The second-order valence-corrected chi connectivity index (χ2v) is 25.1. The fourth-order valence-corrected chi connectivity index (χ4v) is 7.15. The van der Waals surface area contributed by atoms with E-state index in [4.69, 9.17) is 17.0 Å².